The van der Waals surface area contributed by atoms with E-state index in [1.807, 2.05) is 0 Å². The molecule has 0 unspecified atom stereocenters. The Balaban J connectivity index is 2.18. The van der Waals surface area contributed by atoms with Crippen LogP contribution in [-0.2, 0) is 0 Å². The van der Waals surface area contributed by atoms with Gasteiger partial charge in [0.05, 0.1) is 0 Å². The van der Waals surface area contributed by atoms with Crippen molar-refractivity contribution in [2.24, 2.45) is 5.92 Å². The first-order valence-corrected chi connectivity index (χ1v) is 5.57. The van der Waals surface area contributed by atoms with E-state index in [9.17, 15) is 0 Å². The summed E-state index contributed by atoms with van der Waals surface area (Å²) < 4.78 is 0. The van der Waals surface area contributed by atoms with Gasteiger partial charge in [-0.2, -0.15) is 0 Å². The highest BCUT2D eigenvalue weighted by atomic mass is 15.0. The Kier molecular flexibility index (Phi) is 2.87. The third-order valence-electron chi connectivity index (χ3n) is 3.21. The highest BCUT2D eigenvalue weighted by Gasteiger charge is 2.29. The second-order valence-corrected chi connectivity index (χ2v) is 4.53. The summed E-state index contributed by atoms with van der Waals surface area (Å²) in [7, 11) is 0. The Morgan fingerprint density at radius 3 is 2.57 bits per heavy atom. The largest absolute Gasteiger partial charge is 0.313 e. The van der Waals surface area contributed by atoms with Gasteiger partial charge in [-0.3, -0.25) is 0 Å². The van der Waals surface area contributed by atoms with Crippen molar-refractivity contribution in [1.29, 1.82) is 0 Å². The Morgan fingerprint density at radius 2 is 1.93 bits per heavy atom. The number of nitrogens with one attached hydrogen (secondary N) is 1. The molecule has 0 aromatic heterocycles. The van der Waals surface area contributed by atoms with Gasteiger partial charge in [-0.15, -0.1) is 0 Å². The van der Waals surface area contributed by atoms with Gasteiger partial charge in [0.1, 0.15) is 0 Å². The second kappa shape index (κ2) is 4.14. The van der Waals surface area contributed by atoms with Crippen LogP contribution >= 0.6 is 0 Å². The summed E-state index contributed by atoms with van der Waals surface area (Å²) in [4.78, 5) is 0. The van der Waals surface area contributed by atoms with Crippen molar-refractivity contribution in [2.75, 3.05) is 6.54 Å². The van der Waals surface area contributed by atoms with Crippen LogP contribution in [0.4, 0.5) is 0 Å². The van der Waals surface area contributed by atoms with Crippen molar-refractivity contribution in [1.82, 2.24) is 5.32 Å². The zero-order chi connectivity index (χ0) is 9.97. The maximum Gasteiger partial charge on any atom is 0.0159 e. The molecule has 76 valence electrons. The molecule has 1 aliphatic rings. The summed E-state index contributed by atoms with van der Waals surface area (Å²) in [6, 6.07) is 11.6. The fourth-order valence-corrected chi connectivity index (χ4v) is 2.50. The Bertz CT molecular complexity index is 279. The monoisotopic (exact) mass is 189 g/mol. The van der Waals surface area contributed by atoms with Crippen LogP contribution in [-0.4, -0.2) is 12.6 Å². The van der Waals surface area contributed by atoms with E-state index < -0.39 is 0 Å². The molecule has 2 rings (SSSR count). The number of benzene rings is 1. The van der Waals surface area contributed by atoms with E-state index in [4.69, 9.17) is 0 Å². The van der Waals surface area contributed by atoms with Crippen molar-refractivity contribution in [3.8, 4) is 0 Å². The quantitative estimate of drug-likeness (QED) is 0.754. The molecule has 1 aromatic rings. The van der Waals surface area contributed by atoms with Gasteiger partial charge >= 0.3 is 0 Å². The van der Waals surface area contributed by atoms with Crippen molar-refractivity contribution in [3.63, 3.8) is 0 Å². The summed E-state index contributed by atoms with van der Waals surface area (Å²) >= 11 is 0. The lowest BCUT2D eigenvalue weighted by molar-refractivity contribution is 0.416. The molecule has 1 aliphatic heterocycles. The van der Waals surface area contributed by atoms with Crippen LogP contribution < -0.4 is 5.32 Å². The average molecular weight is 189 g/mol. The molecule has 1 saturated heterocycles. The van der Waals surface area contributed by atoms with Crippen LogP contribution in [0.1, 0.15) is 31.7 Å². The molecule has 0 spiro atoms. The second-order valence-electron chi connectivity index (χ2n) is 4.53. The first-order valence-electron chi connectivity index (χ1n) is 5.57. The number of rotatable bonds is 2. The standard InChI is InChI=1S/C13H19N/c1-10(2)13-12(8-9-14-13)11-6-4-3-5-7-11/h3-7,10,12-14H,8-9H2,1-2H3/t12-,13-/m0/s1. The van der Waals surface area contributed by atoms with Gasteiger partial charge in [0.25, 0.3) is 0 Å². The van der Waals surface area contributed by atoms with E-state index >= 15 is 0 Å². The number of hydrogen-bond donors (Lipinski definition) is 1. The lowest BCUT2D eigenvalue weighted by Gasteiger charge is -2.23. The molecule has 0 saturated carbocycles. The third-order valence-corrected chi connectivity index (χ3v) is 3.21. The van der Waals surface area contributed by atoms with E-state index in [0.29, 0.717) is 6.04 Å². The van der Waals surface area contributed by atoms with E-state index in [1.54, 1.807) is 0 Å². The Morgan fingerprint density at radius 1 is 1.21 bits per heavy atom. The molecule has 1 heteroatoms. The first kappa shape index (κ1) is 9.72. The van der Waals surface area contributed by atoms with Crippen LogP contribution in [0.25, 0.3) is 0 Å². The topological polar surface area (TPSA) is 12.0 Å². The number of hydrogen-bond acceptors (Lipinski definition) is 1. The first-order chi connectivity index (χ1) is 6.79. The van der Waals surface area contributed by atoms with Gasteiger partial charge in [0, 0.05) is 12.0 Å². The highest BCUT2D eigenvalue weighted by molar-refractivity contribution is 5.22. The van der Waals surface area contributed by atoms with Crippen molar-refractivity contribution in [3.05, 3.63) is 35.9 Å². The summed E-state index contributed by atoms with van der Waals surface area (Å²) in [5.41, 5.74) is 1.50. The molecule has 1 N–H and O–H groups in total. The molecule has 0 radical (unpaired) electrons. The zero-order valence-corrected chi connectivity index (χ0v) is 9.03. The maximum absolute atomic E-state index is 3.60. The third kappa shape index (κ3) is 1.83. The predicted octanol–water partition coefficient (Wildman–Crippen LogP) is 2.79. The summed E-state index contributed by atoms with van der Waals surface area (Å²) in [5, 5.41) is 3.60. The molecule has 0 amide bonds. The van der Waals surface area contributed by atoms with E-state index in [-0.39, 0.29) is 0 Å². The zero-order valence-electron chi connectivity index (χ0n) is 9.03. The minimum absolute atomic E-state index is 0.664. The van der Waals surface area contributed by atoms with Gasteiger partial charge in [-0.05, 0) is 24.4 Å². The van der Waals surface area contributed by atoms with Crippen LogP contribution in [0.15, 0.2) is 30.3 Å². The SMILES string of the molecule is CC(C)[C@@H]1NCC[C@H]1c1ccccc1. The lowest BCUT2D eigenvalue weighted by atomic mass is 9.86. The minimum atomic E-state index is 0.664. The molecular weight excluding hydrogens is 170 g/mol. The van der Waals surface area contributed by atoms with E-state index in [1.165, 1.54) is 18.5 Å². The highest BCUT2D eigenvalue weighted by Crippen LogP contribution is 2.31. The van der Waals surface area contributed by atoms with Gasteiger partial charge < -0.3 is 5.32 Å². The fraction of sp³-hybridized carbons (Fsp3) is 0.538. The lowest BCUT2D eigenvalue weighted by Crippen LogP contribution is -2.31. The van der Waals surface area contributed by atoms with Gasteiger partial charge in [-0.1, -0.05) is 44.2 Å². The molecule has 0 bridgehead atoms. The van der Waals surface area contributed by atoms with Crippen molar-refractivity contribution >= 4 is 0 Å². The molecule has 2 atom stereocenters. The van der Waals surface area contributed by atoms with Crippen molar-refractivity contribution < 1.29 is 0 Å². The normalized spacial score (nSPS) is 27.1. The molecular formula is C13H19N. The summed E-state index contributed by atoms with van der Waals surface area (Å²) in [6.07, 6.45) is 1.28. The maximum atomic E-state index is 3.60. The van der Waals surface area contributed by atoms with Gasteiger partial charge in [-0.25, -0.2) is 0 Å². The molecule has 1 nitrogen and oxygen atoms in total. The molecule has 0 aliphatic carbocycles. The van der Waals surface area contributed by atoms with Crippen LogP contribution in [0.5, 0.6) is 0 Å². The Labute approximate surface area is 86.5 Å². The summed E-state index contributed by atoms with van der Waals surface area (Å²) in [5.74, 6) is 1.44. The fourth-order valence-electron chi connectivity index (χ4n) is 2.50. The predicted molar refractivity (Wildman–Crippen MR) is 60.4 cm³/mol. The van der Waals surface area contributed by atoms with Gasteiger partial charge in [0.2, 0.25) is 0 Å². The minimum Gasteiger partial charge on any atom is -0.313 e. The van der Waals surface area contributed by atoms with Crippen LogP contribution in [0.2, 0.25) is 0 Å². The van der Waals surface area contributed by atoms with Crippen molar-refractivity contribution in [2.45, 2.75) is 32.2 Å². The average Bonchev–Trinajstić information content (AvgIpc) is 2.67. The van der Waals surface area contributed by atoms with Crippen LogP contribution in [0, 0.1) is 5.92 Å². The molecule has 1 fully saturated rings. The van der Waals surface area contributed by atoms with E-state index in [2.05, 4.69) is 49.5 Å². The molecule has 14 heavy (non-hydrogen) atoms. The van der Waals surface area contributed by atoms with Gasteiger partial charge in [0.15, 0.2) is 0 Å². The molecule has 1 heterocycles. The summed E-state index contributed by atoms with van der Waals surface area (Å²) in [6.45, 7) is 5.78. The smallest absolute Gasteiger partial charge is 0.0159 e. The Hall–Kier alpha value is -0.820. The molecule has 1 aromatic carbocycles. The van der Waals surface area contributed by atoms with E-state index in [0.717, 1.165) is 11.8 Å². The van der Waals surface area contributed by atoms with Crippen LogP contribution in [0.3, 0.4) is 0 Å².